The van der Waals surface area contributed by atoms with Crippen LogP contribution in [-0.4, -0.2) is 19.4 Å². The molecule has 1 aromatic rings. The summed E-state index contributed by atoms with van der Waals surface area (Å²) in [5, 5.41) is 0. The molecule has 0 atom stereocenters. The van der Waals surface area contributed by atoms with Gasteiger partial charge in [-0.25, -0.2) is 4.39 Å². The zero-order valence-corrected chi connectivity index (χ0v) is 8.46. The molecule has 0 fully saturated rings. The molecule has 0 bridgehead atoms. The number of halogens is 1. The lowest BCUT2D eigenvalue weighted by molar-refractivity contribution is -0.117. The summed E-state index contributed by atoms with van der Waals surface area (Å²) in [5.41, 5.74) is 0.729. The van der Waals surface area contributed by atoms with Gasteiger partial charge in [-0.3, -0.25) is 4.79 Å². The van der Waals surface area contributed by atoms with E-state index in [1.54, 1.807) is 24.1 Å². The number of Topliss-reactive ketones (excluding diaryl/α,β-unsaturated/α-hetero) is 1. The predicted octanol–water partition coefficient (Wildman–Crippen LogP) is 2.24. The number of nitrogens with zero attached hydrogens (tertiary/aromatic N) is 1. The summed E-state index contributed by atoms with van der Waals surface area (Å²) in [5.74, 6) is -0.130. The molecule has 1 aromatic carbocycles. The number of anilines is 1. The zero-order chi connectivity index (χ0) is 10.6. The van der Waals surface area contributed by atoms with Gasteiger partial charge in [-0.05, 0) is 18.2 Å². The number of hydrogen-bond donors (Lipinski definition) is 0. The van der Waals surface area contributed by atoms with E-state index < -0.39 is 0 Å². The average Bonchev–Trinajstić information content (AvgIpc) is 2.17. The van der Waals surface area contributed by atoms with Gasteiger partial charge >= 0.3 is 0 Å². The highest BCUT2D eigenvalue weighted by molar-refractivity contribution is 5.83. The molecule has 0 aliphatic rings. The lowest BCUT2D eigenvalue weighted by Gasteiger charge is -2.17. The topological polar surface area (TPSA) is 20.3 Å². The van der Waals surface area contributed by atoms with Crippen molar-refractivity contribution in [3.63, 3.8) is 0 Å². The van der Waals surface area contributed by atoms with E-state index in [2.05, 4.69) is 0 Å². The van der Waals surface area contributed by atoms with Crippen molar-refractivity contribution in [2.45, 2.75) is 13.3 Å². The minimum atomic E-state index is -0.279. The van der Waals surface area contributed by atoms with Crippen molar-refractivity contribution in [3.8, 4) is 0 Å². The van der Waals surface area contributed by atoms with Crippen LogP contribution in [0.4, 0.5) is 10.1 Å². The Morgan fingerprint density at radius 2 is 2.21 bits per heavy atom. The van der Waals surface area contributed by atoms with E-state index in [4.69, 9.17) is 0 Å². The fourth-order valence-corrected chi connectivity index (χ4v) is 1.18. The number of benzene rings is 1. The van der Waals surface area contributed by atoms with Crippen LogP contribution in [0.15, 0.2) is 24.3 Å². The van der Waals surface area contributed by atoms with E-state index in [1.807, 2.05) is 6.92 Å². The highest BCUT2D eigenvalue weighted by Crippen LogP contribution is 2.13. The van der Waals surface area contributed by atoms with Gasteiger partial charge in [0.05, 0.1) is 6.54 Å². The van der Waals surface area contributed by atoms with Crippen LogP contribution < -0.4 is 4.90 Å². The third kappa shape index (κ3) is 2.83. The molecule has 0 unspecified atom stereocenters. The summed E-state index contributed by atoms with van der Waals surface area (Å²) in [6.07, 6.45) is 0.514. The molecule has 0 spiro atoms. The Bertz CT molecular complexity index is 325. The van der Waals surface area contributed by atoms with Gasteiger partial charge in [-0.2, -0.15) is 0 Å². The van der Waals surface area contributed by atoms with Crippen molar-refractivity contribution in [1.29, 1.82) is 0 Å². The quantitative estimate of drug-likeness (QED) is 0.734. The number of ketones is 1. The Labute approximate surface area is 83.3 Å². The molecule has 3 heteroatoms. The number of hydrogen-bond acceptors (Lipinski definition) is 2. The maximum absolute atomic E-state index is 12.8. The standard InChI is InChI=1S/C11H14FNO/c1-3-11(14)8-13(2)10-6-4-5-9(12)7-10/h4-7H,3,8H2,1-2H3. The minimum absolute atomic E-state index is 0.150. The van der Waals surface area contributed by atoms with Crippen LogP contribution in [0.2, 0.25) is 0 Å². The monoisotopic (exact) mass is 195 g/mol. The molecule has 0 aliphatic heterocycles. The van der Waals surface area contributed by atoms with E-state index >= 15 is 0 Å². The lowest BCUT2D eigenvalue weighted by atomic mass is 10.2. The molecule has 0 N–H and O–H groups in total. The number of carbonyl (C=O) groups is 1. The van der Waals surface area contributed by atoms with Gasteiger partial charge in [0.2, 0.25) is 0 Å². The first-order valence-corrected chi connectivity index (χ1v) is 4.62. The van der Waals surface area contributed by atoms with Crippen molar-refractivity contribution < 1.29 is 9.18 Å². The van der Waals surface area contributed by atoms with Gasteiger partial charge in [0, 0.05) is 19.2 Å². The maximum atomic E-state index is 12.8. The third-order valence-electron chi connectivity index (χ3n) is 2.06. The Balaban J connectivity index is 2.69. The first kappa shape index (κ1) is 10.7. The fraction of sp³-hybridized carbons (Fsp3) is 0.364. The van der Waals surface area contributed by atoms with E-state index in [0.717, 1.165) is 5.69 Å². The minimum Gasteiger partial charge on any atom is -0.367 e. The summed E-state index contributed by atoms with van der Waals surface area (Å²) in [6.45, 7) is 2.15. The third-order valence-corrected chi connectivity index (χ3v) is 2.06. The molecule has 0 radical (unpaired) electrons. The SMILES string of the molecule is CCC(=O)CN(C)c1cccc(F)c1. The first-order chi connectivity index (χ1) is 6.63. The van der Waals surface area contributed by atoms with Crippen LogP contribution in [0.3, 0.4) is 0 Å². The molecule has 14 heavy (non-hydrogen) atoms. The van der Waals surface area contributed by atoms with Crippen molar-refractivity contribution in [2.75, 3.05) is 18.5 Å². The smallest absolute Gasteiger partial charge is 0.151 e. The summed E-state index contributed by atoms with van der Waals surface area (Å²) < 4.78 is 12.8. The molecular weight excluding hydrogens is 181 g/mol. The van der Waals surface area contributed by atoms with Gasteiger partial charge in [-0.15, -0.1) is 0 Å². The van der Waals surface area contributed by atoms with Crippen molar-refractivity contribution in [2.24, 2.45) is 0 Å². The molecule has 0 amide bonds. The summed E-state index contributed by atoms with van der Waals surface area (Å²) in [7, 11) is 1.78. The Kier molecular flexibility index (Phi) is 3.63. The Hall–Kier alpha value is -1.38. The molecule has 0 aromatic heterocycles. The van der Waals surface area contributed by atoms with Crippen LogP contribution in [0.25, 0.3) is 0 Å². The predicted molar refractivity (Wildman–Crippen MR) is 55.0 cm³/mol. The van der Waals surface area contributed by atoms with Crippen molar-refractivity contribution in [1.82, 2.24) is 0 Å². The highest BCUT2D eigenvalue weighted by Gasteiger charge is 2.05. The molecule has 1 rings (SSSR count). The van der Waals surface area contributed by atoms with E-state index in [-0.39, 0.29) is 11.6 Å². The van der Waals surface area contributed by atoms with Gasteiger partial charge in [0.1, 0.15) is 5.82 Å². The first-order valence-electron chi connectivity index (χ1n) is 4.62. The molecule has 0 aliphatic carbocycles. The van der Waals surface area contributed by atoms with Crippen LogP contribution in [0.5, 0.6) is 0 Å². The molecule has 76 valence electrons. The average molecular weight is 195 g/mol. The van der Waals surface area contributed by atoms with E-state index in [0.29, 0.717) is 13.0 Å². The summed E-state index contributed by atoms with van der Waals surface area (Å²) in [4.78, 5) is 12.9. The summed E-state index contributed by atoms with van der Waals surface area (Å²) in [6, 6.07) is 6.23. The molecule has 2 nitrogen and oxygen atoms in total. The van der Waals surface area contributed by atoms with E-state index in [1.165, 1.54) is 12.1 Å². The zero-order valence-electron chi connectivity index (χ0n) is 8.46. The maximum Gasteiger partial charge on any atom is 0.151 e. The number of carbonyl (C=O) groups excluding carboxylic acids is 1. The van der Waals surface area contributed by atoms with Crippen LogP contribution in [0, 0.1) is 5.82 Å². The Morgan fingerprint density at radius 3 is 2.79 bits per heavy atom. The second-order valence-corrected chi connectivity index (χ2v) is 3.23. The normalized spacial score (nSPS) is 9.93. The number of rotatable bonds is 4. The van der Waals surface area contributed by atoms with Crippen LogP contribution >= 0.6 is 0 Å². The van der Waals surface area contributed by atoms with Crippen molar-refractivity contribution in [3.05, 3.63) is 30.1 Å². The molecule has 0 heterocycles. The number of likely N-dealkylation sites (N-methyl/N-ethyl adjacent to an activating group) is 1. The lowest BCUT2D eigenvalue weighted by Crippen LogP contribution is -2.24. The van der Waals surface area contributed by atoms with Gasteiger partial charge in [0.15, 0.2) is 5.78 Å². The Morgan fingerprint density at radius 1 is 1.50 bits per heavy atom. The van der Waals surface area contributed by atoms with Crippen molar-refractivity contribution >= 4 is 11.5 Å². The fourth-order valence-electron chi connectivity index (χ4n) is 1.18. The molecular formula is C11H14FNO. The van der Waals surface area contributed by atoms with Crippen LogP contribution in [-0.2, 0) is 4.79 Å². The second kappa shape index (κ2) is 4.74. The largest absolute Gasteiger partial charge is 0.367 e. The second-order valence-electron chi connectivity index (χ2n) is 3.23. The van der Waals surface area contributed by atoms with E-state index in [9.17, 15) is 9.18 Å². The molecule has 0 saturated heterocycles. The molecule has 0 saturated carbocycles. The van der Waals surface area contributed by atoms with Gasteiger partial charge < -0.3 is 4.90 Å². The van der Waals surface area contributed by atoms with Gasteiger partial charge in [0.25, 0.3) is 0 Å². The highest BCUT2D eigenvalue weighted by atomic mass is 19.1. The van der Waals surface area contributed by atoms with Gasteiger partial charge in [-0.1, -0.05) is 13.0 Å². The summed E-state index contributed by atoms with van der Waals surface area (Å²) >= 11 is 0. The van der Waals surface area contributed by atoms with Crippen LogP contribution in [0.1, 0.15) is 13.3 Å².